The molecule has 2 atom stereocenters. The van der Waals surface area contributed by atoms with E-state index in [4.69, 9.17) is 0 Å². The minimum absolute atomic E-state index is 0.498. The molecule has 0 spiro atoms. The zero-order valence-electron chi connectivity index (χ0n) is 6.33. The lowest BCUT2D eigenvalue weighted by Crippen LogP contribution is -1.82. The molecule has 1 nitrogen and oxygen atoms in total. The third-order valence-electron chi connectivity index (χ3n) is 2.03. The fourth-order valence-electron chi connectivity index (χ4n) is 1.32. The Bertz CT molecular complexity index is 253. The summed E-state index contributed by atoms with van der Waals surface area (Å²) in [6.07, 6.45) is 1.96. The second-order valence-electron chi connectivity index (χ2n) is 2.82. The molecule has 1 aliphatic rings. The molecule has 0 aromatic heterocycles. The lowest BCUT2D eigenvalue weighted by molar-refractivity contribution is 1.07. The van der Waals surface area contributed by atoms with E-state index < -0.39 is 0 Å². The molecular weight excluding hydrogens is 134 g/mol. The quantitative estimate of drug-likeness (QED) is 0.498. The van der Waals surface area contributed by atoms with E-state index in [0.717, 1.165) is 0 Å². The molecule has 2 rings (SSSR count). The fraction of sp³-hybridized carbons (Fsp3) is 0.200. The van der Waals surface area contributed by atoms with Gasteiger partial charge in [0, 0.05) is 6.04 Å². The van der Waals surface area contributed by atoms with Crippen LogP contribution in [0, 0.1) is 0 Å². The van der Waals surface area contributed by atoms with Crippen LogP contribution in [0.3, 0.4) is 0 Å². The Morgan fingerprint density at radius 3 is 2.55 bits per heavy atom. The molecule has 0 aliphatic carbocycles. The molecule has 0 bridgehead atoms. The molecule has 1 heterocycles. The van der Waals surface area contributed by atoms with E-state index in [1.807, 2.05) is 12.1 Å². The van der Waals surface area contributed by atoms with Crippen LogP contribution in [-0.2, 0) is 0 Å². The van der Waals surface area contributed by atoms with Crippen molar-refractivity contribution in [3.63, 3.8) is 0 Å². The predicted molar refractivity (Wildman–Crippen MR) is 46.3 cm³/mol. The lowest BCUT2D eigenvalue weighted by atomic mass is 10.1. The van der Waals surface area contributed by atoms with Crippen LogP contribution >= 0.6 is 0 Å². The molecule has 1 aliphatic heterocycles. The van der Waals surface area contributed by atoms with Gasteiger partial charge in [-0.25, -0.2) is 0 Å². The molecule has 56 valence electrons. The van der Waals surface area contributed by atoms with Crippen LogP contribution in [-0.4, -0.2) is 6.04 Å². The minimum Gasteiger partial charge on any atom is -0.300 e. The van der Waals surface area contributed by atoms with Crippen molar-refractivity contribution in [1.29, 1.82) is 0 Å². The van der Waals surface area contributed by atoms with Gasteiger partial charge in [-0.05, 0) is 5.56 Å². The summed E-state index contributed by atoms with van der Waals surface area (Å²) >= 11 is 0. The van der Waals surface area contributed by atoms with Gasteiger partial charge in [-0.1, -0.05) is 36.4 Å². The van der Waals surface area contributed by atoms with Crippen LogP contribution in [0.15, 0.2) is 43.0 Å². The van der Waals surface area contributed by atoms with Gasteiger partial charge in [0.25, 0.3) is 0 Å². The highest BCUT2D eigenvalue weighted by molar-refractivity contribution is 5.28. The number of rotatable bonds is 2. The molecule has 0 radical (unpaired) electrons. The van der Waals surface area contributed by atoms with Crippen molar-refractivity contribution in [3.05, 3.63) is 48.6 Å². The molecule has 0 amide bonds. The molecule has 1 N–H and O–H groups in total. The van der Waals surface area contributed by atoms with E-state index in [1.165, 1.54) is 5.56 Å². The van der Waals surface area contributed by atoms with Crippen LogP contribution in [0.1, 0.15) is 11.6 Å². The van der Waals surface area contributed by atoms with Crippen LogP contribution in [0.2, 0.25) is 0 Å². The van der Waals surface area contributed by atoms with Gasteiger partial charge in [0.1, 0.15) is 0 Å². The summed E-state index contributed by atoms with van der Waals surface area (Å²) in [5.41, 5.74) is 1.36. The Labute approximate surface area is 66.7 Å². The molecule has 11 heavy (non-hydrogen) atoms. The second kappa shape index (κ2) is 2.51. The van der Waals surface area contributed by atoms with Gasteiger partial charge in [-0.3, -0.25) is 0 Å². The Morgan fingerprint density at radius 1 is 1.27 bits per heavy atom. The topological polar surface area (TPSA) is 21.9 Å². The first-order valence-corrected chi connectivity index (χ1v) is 3.85. The molecule has 1 aromatic rings. The first-order valence-electron chi connectivity index (χ1n) is 3.85. The van der Waals surface area contributed by atoms with Crippen LogP contribution in [0.5, 0.6) is 0 Å². The van der Waals surface area contributed by atoms with Crippen LogP contribution in [0.4, 0.5) is 0 Å². The number of nitrogens with one attached hydrogen (secondary N) is 1. The van der Waals surface area contributed by atoms with Crippen molar-refractivity contribution < 1.29 is 0 Å². The summed E-state index contributed by atoms with van der Waals surface area (Å²) in [6.45, 7) is 3.74. The Balaban J connectivity index is 2.14. The number of benzene rings is 1. The summed E-state index contributed by atoms with van der Waals surface area (Å²) < 4.78 is 0. The maximum Gasteiger partial charge on any atom is 0.0517 e. The maximum absolute atomic E-state index is 3.74. The van der Waals surface area contributed by atoms with E-state index in [2.05, 4.69) is 36.2 Å². The highest BCUT2D eigenvalue weighted by Crippen LogP contribution is 2.29. The van der Waals surface area contributed by atoms with Gasteiger partial charge in [0.2, 0.25) is 0 Å². The van der Waals surface area contributed by atoms with E-state index in [-0.39, 0.29) is 0 Å². The van der Waals surface area contributed by atoms with Gasteiger partial charge in [0.05, 0.1) is 6.04 Å². The third-order valence-corrected chi connectivity index (χ3v) is 2.03. The van der Waals surface area contributed by atoms with Crippen LogP contribution < -0.4 is 5.32 Å². The maximum atomic E-state index is 3.74. The van der Waals surface area contributed by atoms with E-state index in [9.17, 15) is 0 Å². The standard InChI is InChI=1S/C10H11N/c1-2-9-10(11-9)8-6-4-3-5-7-8/h2-7,9-11H,1H2/t9-,10-/m0/s1. The first kappa shape index (κ1) is 6.62. The Morgan fingerprint density at radius 2 is 2.00 bits per heavy atom. The van der Waals surface area contributed by atoms with Crippen LogP contribution in [0.25, 0.3) is 0 Å². The normalized spacial score (nSPS) is 28.0. The van der Waals surface area contributed by atoms with Gasteiger partial charge >= 0.3 is 0 Å². The number of hydrogen-bond acceptors (Lipinski definition) is 1. The highest BCUT2D eigenvalue weighted by Gasteiger charge is 2.33. The summed E-state index contributed by atoms with van der Waals surface area (Å²) in [6, 6.07) is 11.5. The van der Waals surface area contributed by atoms with Gasteiger partial charge in [-0.15, -0.1) is 6.58 Å². The summed E-state index contributed by atoms with van der Waals surface area (Å²) in [4.78, 5) is 0. The third kappa shape index (κ3) is 1.19. The zero-order valence-corrected chi connectivity index (χ0v) is 6.33. The monoisotopic (exact) mass is 145 g/mol. The first-order chi connectivity index (χ1) is 5.42. The van der Waals surface area contributed by atoms with Gasteiger partial charge in [-0.2, -0.15) is 0 Å². The van der Waals surface area contributed by atoms with E-state index >= 15 is 0 Å². The molecule has 1 fully saturated rings. The van der Waals surface area contributed by atoms with Crippen molar-refractivity contribution in [2.45, 2.75) is 12.1 Å². The van der Waals surface area contributed by atoms with Crippen molar-refractivity contribution in [2.24, 2.45) is 0 Å². The molecule has 1 heteroatoms. The molecule has 0 saturated carbocycles. The average Bonchev–Trinajstić information content (AvgIpc) is 2.85. The minimum atomic E-state index is 0.498. The predicted octanol–water partition coefficient (Wildman–Crippen LogP) is 1.89. The smallest absolute Gasteiger partial charge is 0.0517 e. The second-order valence-corrected chi connectivity index (χ2v) is 2.82. The lowest BCUT2D eigenvalue weighted by Gasteiger charge is -1.93. The SMILES string of the molecule is C=C[C@@H]1N[C@H]1c1ccccc1. The van der Waals surface area contributed by atoms with E-state index in [1.54, 1.807) is 0 Å². The molecular formula is C10H11N. The Kier molecular flexibility index (Phi) is 1.51. The summed E-state index contributed by atoms with van der Waals surface area (Å²) in [7, 11) is 0. The van der Waals surface area contributed by atoms with Gasteiger partial charge in [0.15, 0.2) is 0 Å². The Hall–Kier alpha value is -1.08. The highest BCUT2D eigenvalue weighted by atomic mass is 15.1. The van der Waals surface area contributed by atoms with Gasteiger partial charge < -0.3 is 5.32 Å². The van der Waals surface area contributed by atoms with Crippen molar-refractivity contribution in [3.8, 4) is 0 Å². The van der Waals surface area contributed by atoms with E-state index in [0.29, 0.717) is 12.1 Å². The largest absolute Gasteiger partial charge is 0.300 e. The zero-order chi connectivity index (χ0) is 7.68. The average molecular weight is 145 g/mol. The summed E-state index contributed by atoms with van der Waals surface area (Å²) in [5.74, 6) is 0. The fourth-order valence-corrected chi connectivity index (χ4v) is 1.32. The number of hydrogen-bond donors (Lipinski definition) is 1. The van der Waals surface area contributed by atoms with Crippen molar-refractivity contribution in [1.82, 2.24) is 5.32 Å². The molecule has 1 saturated heterocycles. The van der Waals surface area contributed by atoms with Crippen molar-refractivity contribution in [2.75, 3.05) is 0 Å². The molecule has 0 unspecified atom stereocenters. The molecule has 1 aromatic carbocycles. The summed E-state index contributed by atoms with van der Waals surface area (Å²) in [5, 5.41) is 3.32. The van der Waals surface area contributed by atoms with Crippen molar-refractivity contribution >= 4 is 0 Å².